The molecule has 0 unspecified atom stereocenters. The van der Waals surface area contributed by atoms with Crippen LogP contribution in [0.1, 0.15) is 37.0 Å². The number of aromatic nitrogens is 3. The van der Waals surface area contributed by atoms with E-state index in [0.717, 1.165) is 29.8 Å². The molecule has 2 aromatic carbocycles. The van der Waals surface area contributed by atoms with Crippen LogP contribution < -0.4 is 0 Å². The highest BCUT2D eigenvalue weighted by atomic mass is 19.1. The Morgan fingerprint density at radius 2 is 1.84 bits per heavy atom. The lowest BCUT2D eigenvalue weighted by atomic mass is 9.96. The molecular formula is C23H21FN4O3. The normalized spacial score (nSPS) is 14.9. The Bertz CT molecular complexity index is 1160. The lowest BCUT2D eigenvalue weighted by molar-refractivity contribution is -0.132. The molecule has 1 aliphatic rings. The number of nitrogens with zero attached hydrogens (tertiary/aromatic N) is 4. The Morgan fingerprint density at radius 1 is 1.06 bits per heavy atom. The van der Waals surface area contributed by atoms with Crippen molar-refractivity contribution < 1.29 is 18.1 Å². The first-order valence-electron chi connectivity index (χ1n) is 10.4. The zero-order valence-electron chi connectivity index (χ0n) is 16.8. The van der Waals surface area contributed by atoms with Crippen molar-refractivity contribution in [2.24, 2.45) is 0 Å². The molecule has 0 saturated carbocycles. The van der Waals surface area contributed by atoms with Gasteiger partial charge in [-0.25, -0.2) is 9.37 Å². The predicted molar refractivity (Wildman–Crippen MR) is 111 cm³/mol. The van der Waals surface area contributed by atoms with Crippen molar-refractivity contribution >= 4 is 17.0 Å². The van der Waals surface area contributed by atoms with Crippen molar-refractivity contribution in [3.05, 3.63) is 66.1 Å². The minimum absolute atomic E-state index is 0.0672. The van der Waals surface area contributed by atoms with Gasteiger partial charge in [-0.3, -0.25) is 4.79 Å². The smallest absolute Gasteiger partial charge is 0.227 e. The zero-order valence-corrected chi connectivity index (χ0v) is 16.8. The number of amides is 1. The van der Waals surface area contributed by atoms with E-state index in [0.29, 0.717) is 43.2 Å². The van der Waals surface area contributed by atoms with E-state index in [1.165, 1.54) is 12.1 Å². The summed E-state index contributed by atoms with van der Waals surface area (Å²) in [7, 11) is 0. The molecule has 31 heavy (non-hydrogen) atoms. The first-order valence-corrected chi connectivity index (χ1v) is 10.4. The van der Waals surface area contributed by atoms with Gasteiger partial charge in [0.2, 0.25) is 17.6 Å². The Balaban J connectivity index is 1.14. The van der Waals surface area contributed by atoms with Gasteiger partial charge in [0, 0.05) is 37.4 Å². The van der Waals surface area contributed by atoms with Crippen molar-refractivity contribution in [1.29, 1.82) is 0 Å². The van der Waals surface area contributed by atoms with Crippen molar-refractivity contribution in [2.45, 2.75) is 31.6 Å². The van der Waals surface area contributed by atoms with Gasteiger partial charge in [-0.05, 0) is 49.2 Å². The summed E-state index contributed by atoms with van der Waals surface area (Å²) < 4.78 is 24.2. The number of hydrogen-bond donors (Lipinski definition) is 0. The summed E-state index contributed by atoms with van der Waals surface area (Å²) in [6.45, 7) is 1.35. The van der Waals surface area contributed by atoms with Crippen LogP contribution >= 0.6 is 0 Å². The van der Waals surface area contributed by atoms with E-state index in [2.05, 4.69) is 15.1 Å². The third-order valence-electron chi connectivity index (χ3n) is 5.63. The summed E-state index contributed by atoms with van der Waals surface area (Å²) in [5, 5.41) is 3.92. The predicted octanol–water partition coefficient (Wildman–Crippen LogP) is 4.36. The molecule has 8 heteroatoms. The molecule has 0 bridgehead atoms. The summed E-state index contributed by atoms with van der Waals surface area (Å²) in [5.41, 5.74) is 2.34. The number of benzene rings is 2. The first-order chi connectivity index (χ1) is 15.2. The average molecular weight is 420 g/mol. The molecule has 0 spiro atoms. The van der Waals surface area contributed by atoms with Crippen LogP contribution in [-0.2, 0) is 11.2 Å². The highest BCUT2D eigenvalue weighted by Crippen LogP contribution is 2.30. The number of carbonyl (C=O) groups excluding carboxylic acids is 1. The molecule has 0 radical (unpaired) electrons. The van der Waals surface area contributed by atoms with Gasteiger partial charge in [0.1, 0.15) is 11.3 Å². The summed E-state index contributed by atoms with van der Waals surface area (Å²) >= 11 is 0. The van der Waals surface area contributed by atoms with Crippen molar-refractivity contribution in [3.8, 4) is 11.4 Å². The maximum Gasteiger partial charge on any atom is 0.227 e. The van der Waals surface area contributed by atoms with E-state index in [1.807, 2.05) is 29.2 Å². The van der Waals surface area contributed by atoms with Crippen LogP contribution in [-0.4, -0.2) is 39.0 Å². The number of halogens is 1. The lowest BCUT2D eigenvalue weighted by Crippen LogP contribution is -2.38. The van der Waals surface area contributed by atoms with E-state index in [9.17, 15) is 9.18 Å². The molecule has 1 amide bonds. The molecule has 3 heterocycles. The number of carbonyl (C=O) groups is 1. The van der Waals surface area contributed by atoms with Gasteiger partial charge >= 0.3 is 0 Å². The van der Waals surface area contributed by atoms with Gasteiger partial charge in [-0.2, -0.15) is 4.98 Å². The zero-order chi connectivity index (χ0) is 21.2. The molecule has 0 N–H and O–H groups in total. The summed E-state index contributed by atoms with van der Waals surface area (Å²) in [6, 6.07) is 13.6. The number of rotatable bonds is 5. The second-order valence-electron chi connectivity index (χ2n) is 7.69. The summed E-state index contributed by atoms with van der Waals surface area (Å²) in [5.74, 6) is 1.52. The third-order valence-corrected chi connectivity index (χ3v) is 5.63. The summed E-state index contributed by atoms with van der Waals surface area (Å²) in [4.78, 5) is 23.4. The number of fused-ring (bicyclic) bond motifs is 1. The van der Waals surface area contributed by atoms with E-state index >= 15 is 0 Å². The minimum atomic E-state index is -0.321. The number of aryl methyl sites for hydroxylation is 1. The van der Waals surface area contributed by atoms with Crippen LogP contribution in [0.2, 0.25) is 0 Å². The molecule has 1 saturated heterocycles. The minimum Gasteiger partial charge on any atom is -0.440 e. The number of piperidine rings is 1. The van der Waals surface area contributed by atoms with Gasteiger partial charge in [-0.1, -0.05) is 17.3 Å². The van der Waals surface area contributed by atoms with E-state index in [-0.39, 0.29) is 17.6 Å². The van der Waals surface area contributed by atoms with Crippen molar-refractivity contribution in [1.82, 2.24) is 20.0 Å². The first kappa shape index (κ1) is 19.4. The third kappa shape index (κ3) is 4.19. The number of hydrogen-bond acceptors (Lipinski definition) is 6. The molecule has 5 rings (SSSR count). The van der Waals surface area contributed by atoms with Crippen molar-refractivity contribution in [2.75, 3.05) is 13.1 Å². The maximum absolute atomic E-state index is 13.0. The van der Waals surface area contributed by atoms with Crippen LogP contribution in [0, 0.1) is 5.82 Å². The van der Waals surface area contributed by atoms with Gasteiger partial charge < -0.3 is 13.8 Å². The largest absolute Gasteiger partial charge is 0.440 e. The molecule has 158 valence electrons. The second kappa shape index (κ2) is 8.29. The molecule has 7 nitrogen and oxygen atoms in total. The van der Waals surface area contributed by atoms with Gasteiger partial charge in [-0.15, -0.1) is 0 Å². The maximum atomic E-state index is 13.0. The van der Waals surface area contributed by atoms with E-state index in [4.69, 9.17) is 8.94 Å². The van der Waals surface area contributed by atoms with Crippen LogP contribution in [0.5, 0.6) is 0 Å². The molecule has 0 atom stereocenters. The van der Waals surface area contributed by atoms with Crippen LogP contribution in [0.3, 0.4) is 0 Å². The SMILES string of the molecule is O=C(CCc1nc(-c2ccc(F)cc2)no1)N1CCC(c2nc3ccccc3o2)CC1. The number of para-hydroxylation sites is 2. The van der Waals surface area contributed by atoms with Crippen molar-refractivity contribution in [3.63, 3.8) is 0 Å². The van der Waals surface area contributed by atoms with Crippen LogP contribution in [0.25, 0.3) is 22.5 Å². The molecule has 2 aromatic heterocycles. The van der Waals surface area contributed by atoms with Gasteiger partial charge in [0.05, 0.1) is 0 Å². The molecule has 0 aliphatic carbocycles. The van der Waals surface area contributed by atoms with Gasteiger partial charge in [0.25, 0.3) is 0 Å². The monoisotopic (exact) mass is 420 g/mol. The molecule has 1 fully saturated rings. The Hall–Kier alpha value is -3.55. The molecule has 4 aromatic rings. The Kier molecular flexibility index (Phi) is 5.19. The highest BCUT2D eigenvalue weighted by Gasteiger charge is 2.27. The molecule has 1 aliphatic heterocycles. The fourth-order valence-corrected chi connectivity index (χ4v) is 3.89. The molecular weight excluding hydrogens is 399 g/mol. The van der Waals surface area contributed by atoms with Crippen LogP contribution in [0.4, 0.5) is 4.39 Å². The number of likely N-dealkylation sites (tertiary alicyclic amines) is 1. The fraction of sp³-hybridized carbons (Fsp3) is 0.304. The van der Waals surface area contributed by atoms with Gasteiger partial charge in [0.15, 0.2) is 11.5 Å². The fourth-order valence-electron chi connectivity index (χ4n) is 3.89. The Labute approximate surface area is 177 Å². The highest BCUT2D eigenvalue weighted by molar-refractivity contribution is 5.76. The van der Waals surface area contributed by atoms with E-state index < -0.39 is 0 Å². The van der Waals surface area contributed by atoms with E-state index in [1.54, 1.807) is 12.1 Å². The standard InChI is InChI=1S/C23H21FN4O3/c24-17-7-5-15(6-8-17)22-26-20(31-27-22)9-10-21(29)28-13-11-16(12-14-28)23-25-18-3-1-2-4-19(18)30-23/h1-8,16H,9-14H2. The average Bonchev–Trinajstić information content (AvgIpc) is 3.45. The van der Waals surface area contributed by atoms with Crippen LogP contribution in [0.15, 0.2) is 57.5 Å². The topological polar surface area (TPSA) is 85.3 Å². The second-order valence-corrected chi connectivity index (χ2v) is 7.69. The Morgan fingerprint density at radius 3 is 2.61 bits per heavy atom. The summed E-state index contributed by atoms with van der Waals surface area (Å²) in [6.07, 6.45) is 2.33. The quantitative estimate of drug-likeness (QED) is 0.477. The number of oxazole rings is 1. The lowest BCUT2D eigenvalue weighted by Gasteiger charge is -2.30.